The van der Waals surface area contributed by atoms with Crippen molar-refractivity contribution in [3.63, 3.8) is 0 Å². The second-order valence-corrected chi connectivity index (χ2v) is 7.24. The first-order valence-corrected chi connectivity index (χ1v) is 8.99. The summed E-state index contributed by atoms with van der Waals surface area (Å²) >= 11 is 0. The Morgan fingerprint density at radius 2 is 1.78 bits per heavy atom. The predicted octanol–water partition coefficient (Wildman–Crippen LogP) is 2.43. The highest BCUT2D eigenvalue weighted by Gasteiger charge is 2.30. The fourth-order valence-electron chi connectivity index (χ4n) is 2.15. The molecule has 0 aromatic heterocycles. The number of carbonyl (C=O) groups is 1. The van der Waals surface area contributed by atoms with E-state index in [9.17, 15) is 26.4 Å². The minimum Gasteiger partial charge on any atom is -0.345 e. The third-order valence-corrected chi connectivity index (χ3v) is 5.14. The summed E-state index contributed by atoms with van der Waals surface area (Å²) in [6.07, 6.45) is -4.62. The smallest absolute Gasteiger partial charge is 0.345 e. The zero-order valence-electron chi connectivity index (χ0n) is 13.8. The molecule has 0 unspecified atom stereocenters. The lowest BCUT2D eigenvalue weighted by atomic mass is 10.2. The molecule has 2 rings (SSSR count). The maximum Gasteiger partial charge on any atom is 0.405 e. The molecule has 0 heterocycles. The van der Waals surface area contributed by atoms with Crippen molar-refractivity contribution >= 4 is 21.6 Å². The number of sulfonamides is 1. The highest BCUT2D eigenvalue weighted by molar-refractivity contribution is 7.92. The molecular weight excluding hydrogens is 383 g/mol. The lowest BCUT2D eigenvalue weighted by Crippen LogP contribution is -2.43. The zero-order valence-corrected chi connectivity index (χ0v) is 14.6. The number of nitrogens with one attached hydrogen (secondary N) is 1. The highest BCUT2D eigenvalue weighted by Crippen LogP contribution is 2.24. The molecule has 2 aromatic carbocycles. The standard InChI is InChI=1S/C17H14F3N3O3S/c18-17(19,20)12-22-16(24)11-23(14-6-2-1-3-7-14)27(25,26)15-8-4-5-13(9-15)10-21/h1-9H,11-12H2,(H,22,24). The molecule has 0 fully saturated rings. The largest absolute Gasteiger partial charge is 0.405 e. The summed E-state index contributed by atoms with van der Waals surface area (Å²) < 4.78 is 63.4. The number of rotatable bonds is 6. The summed E-state index contributed by atoms with van der Waals surface area (Å²) in [5, 5.41) is 10.6. The Labute approximate surface area is 153 Å². The third kappa shape index (κ3) is 5.46. The van der Waals surface area contributed by atoms with E-state index in [0.717, 1.165) is 6.07 Å². The van der Waals surface area contributed by atoms with Gasteiger partial charge in [0, 0.05) is 0 Å². The molecule has 0 bridgehead atoms. The molecule has 0 spiro atoms. The van der Waals surface area contributed by atoms with Crippen LogP contribution in [-0.2, 0) is 14.8 Å². The summed E-state index contributed by atoms with van der Waals surface area (Å²) in [6, 6.07) is 14.4. The molecule has 6 nitrogen and oxygen atoms in total. The number of nitriles is 1. The molecule has 0 aliphatic heterocycles. The Hall–Kier alpha value is -3.06. The molecule has 0 saturated carbocycles. The monoisotopic (exact) mass is 397 g/mol. The van der Waals surface area contributed by atoms with Gasteiger partial charge in [0.2, 0.25) is 5.91 Å². The summed E-state index contributed by atoms with van der Waals surface area (Å²) in [7, 11) is -4.30. The Morgan fingerprint density at radius 3 is 2.37 bits per heavy atom. The van der Waals surface area contributed by atoms with E-state index < -0.39 is 35.2 Å². The summed E-state index contributed by atoms with van der Waals surface area (Å²) in [6.45, 7) is -2.42. The van der Waals surface area contributed by atoms with Gasteiger partial charge in [0.25, 0.3) is 10.0 Å². The fraction of sp³-hybridized carbons (Fsp3) is 0.176. The Balaban J connectivity index is 2.38. The predicted molar refractivity (Wildman–Crippen MR) is 91.2 cm³/mol. The van der Waals surface area contributed by atoms with E-state index in [4.69, 9.17) is 5.26 Å². The molecule has 142 valence electrons. The first-order chi connectivity index (χ1) is 12.6. The van der Waals surface area contributed by atoms with Gasteiger partial charge in [-0.25, -0.2) is 8.42 Å². The molecule has 0 atom stereocenters. The number of carbonyl (C=O) groups excluding carboxylic acids is 1. The molecule has 0 aliphatic rings. The van der Waals surface area contributed by atoms with E-state index in [1.807, 2.05) is 6.07 Å². The Kier molecular flexibility index (Phi) is 6.07. The van der Waals surface area contributed by atoms with Crippen LogP contribution in [0.3, 0.4) is 0 Å². The van der Waals surface area contributed by atoms with Gasteiger partial charge in [-0.1, -0.05) is 24.3 Å². The maximum absolute atomic E-state index is 13.0. The zero-order chi connectivity index (χ0) is 20.1. The summed E-state index contributed by atoms with van der Waals surface area (Å²) in [4.78, 5) is 11.6. The highest BCUT2D eigenvalue weighted by atomic mass is 32.2. The number of anilines is 1. The van der Waals surface area contributed by atoms with Crippen molar-refractivity contribution in [3.8, 4) is 6.07 Å². The van der Waals surface area contributed by atoms with Crippen LogP contribution < -0.4 is 9.62 Å². The van der Waals surface area contributed by atoms with Crippen LogP contribution in [0.15, 0.2) is 59.5 Å². The number of nitrogens with zero attached hydrogens (tertiary/aromatic N) is 2. The number of hydrogen-bond donors (Lipinski definition) is 1. The van der Waals surface area contributed by atoms with Crippen LogP contribution in [0, 0.1) is 11.3 Å². The van der Waals surface area contributed by atoms with Gasteiger partial charge >= 0.3 is 6.18 Å². The average molecular weight is 397 g/mol. The lowest BCUT2D eigenvalue weighted by Gasteiger charge is -2.24. The van der Waals surface area contributed by atoms with Crippen molar-refractivity contribution in [3.05, 3.63) is 60.2 Å². The lowest BCUT2D eigenvalue weighted by molar-refractivity contribution is -0.137. The average Bonchev–Trinajstić information content (AvgIpc) is 2.64. The van der Waals surface area contributed by atoms with Crippen LogP contribution >= 0.6 is 0 Å². The van der Waals surface area contributed by atoms with Crippen LogP contribution in [0.5, 0.6) is 0 Å². The van der Waals surface area contributed by atoms with Crippen LogP contribution in [0.1, 0.15) is 5.56 Å². The first-order valence-electron chi connectivity index (χ1n) is 7.55. The van der Waals surface area contributed by atoms with Crippen LogP contribution in [0.2, 0.25) is 0 Å². The summed E-state index contributed by atoms with van der Waals surface area (Å²) in [5.74, 6) is -1.11. The molecule has 2 aromatic rings. The van der Waals surface area contributed by atoms with Gasteiger partial charge in [0.15, 0.2) is 0 Å². The number of alkyl halides is 3. The Morgan fingerprint density at radius 1 is 1.11 bits per heavy atom. The second kappa shape index (κ2) is 8.09. The van der Waals surface area contributed by atoms with E-state index >= 15 is 0 Å². The minimum atomic E-state index is -4.62. The number of amides is 1. The molecule has 27 heavy (non-hydrogen) atoms. The van der Waals surface area contributed by atoms with Crippen LogP contribution in [0.25, 0.3) is 0 Å². The van der Waals surface area contributed by atoms with Crippen molar-refractivity contribution < 1.29 is 26.4 Å². The molecule has 10 heteroatoms. The second-order valence-electron chi connectivity index (χ2n) is 5.38. The maximum atomic E-state index is 13.0. The molecule has 0 saturated heterocycles. The van der Waals surface area contributed by atoms with Gasteiger partial charge in [-0.2, -0.15) is 18.4 Å². The fourth-order valence-corrected chi connectivity index (χ4v) is 3.62. The van der Waals surface area contributed by atoms with Crippen molar-refractivity contribution in [2.24, 2.45) is 0 Å². The molecule has 0 aliphatic carbocycles. The molecule has 1 amide bonds. The van der Waals surface area contributed by atoms with E-state index in [1.54, 1.807) is 11.4 Å². The van der Waals surface area contributed by atoms with Gasteiger partial charge in [-0.05, 0) is 30.3 Å². The van der Waals surface area contributed by atoms with Crippen LogP contribution in [0.4, 0.5) is 18.9 Å². The van der Waals surface area contributed by atoms with E-state index in [0.29, 0.717) is 4.31 Å². The number of benzene rings is 2. The number of halogens is 3. The first kappa shape index (κ1) is 20.3. The van der Waals surface area contributed by atoms with E-state index in [2.05, 4.69) is 0 Å². The van der Waals surface area contributed by atoms with E-state index in [-0.39, 0.29) is 16.1 Å². The number of hydrogen-bond acceptors (Lipinski definition) is 4. The SMILES string of the molecule is N#Cc1cccc(S(=O)(=O)N(CC(=O)NCC(F)(F)F)c2ccccc2)c1. The Bertz CT molecular complexity index is 955. The topological polar surface area (TPSA) is 90.3 Å². The van der Waals surface area contributed by atoms with Crippen molar-refractivity contribution in [2.75, 3.05) is 17.4 Å². The van der Waals surface area contributed by atoms with Gasteiger partial charge < -0.3 is 5.32 Å². The van der Waals surface area contributed by atoms with Crippen molar-refractivity contribution in [1.82, 2.24) is 5.32 Å². The van der Waals surface area contributed by atoms with Crippen molar-refractivity contribution in [2.45, 2.75) is 11.1 Å². The molecule has 1 N–H and O–H groups in total. The third-order valence-electron chi connectivity index (χ3n) is 3.37. The molecular formula is C17H14F3N3O3S. The van der Waals surface area contributed by atoms with Gasteiger partial charge in [0.1, 0.15) is 13.1 Å². The number of para-hydroxylation sites is 1. The minimum absolute atomic E-state index is 0.0885. The molecule has 0 radical (unpaired) electrons. The van der Waals surface area contributed by atoms with Crippen molar-refractivity contribution in [1.29, 1.82) is 5.26 Å². The van der Waals surface area contributed by atoms with E-state index in [1.165, 1.54) is 42.5 Å². The quantitative estimate of drug-likeness (QED) is 0.811. The summed E-state index contributed by atoms with van der Waals surface area (Å²) in [5.41, 5.74) is 0.188. The van der Waals surface area contributed by atoms with Gasteiger partial charge in [-0.15, -0.1) is 0 Å². The normalized spacial score (nSPS) is 11.5. The van der Waals surface area contributed by atoms with Gasteiger partial charge in [0.05, 0.1) is 22.2 Å². The van der Waals surface area contributed by atoms with Gasteiger partial charge in [-0.3, -0.25) is 9.10 Å². The van der Waals surface area contributed by atoms with Crippen LogP contribution in [-0.4, -0.2) is 33.6 Å².